The quantitative estimate of drug-likeness (QED) is 0.521. The summed E-state index contributed by atoms with van der Waals surface area (Å²) in [6.07, 6.45) is 0.310. The van der Waals surface area contributed by atoms with Crippen molar-refractivity contribution in [1.82, 2.24) is 5.32 Å². The average Bonchev–Trinajstić information content (AvgIpc) is 2.08. The second kappa shape index (κ2) is 3.25. The van der Waals surface area contributed by atoms with Gasteiger partial charge in [0.15, 0.2) is 5.76 Å². The first-order valence-corrected chi connectivity index (χ1v) is 3.45. The third kappa shape index (κ3) is 1.39. The van der Waals surface area contributed by atoms with Gasteiger partial charge in [-0.2, -0.15) is 0 Å². The monoisotopic (exact) mass is 171 g/mol. The average molecular weight is 171 g/mol. The van der Waals surface area contributed by atoms with Gasteiger partial charge in [-0.1, -0.05) is 0 Å². The fourth-order valence-electron chi connectivity index (χ4n) is 0.962. The highest BCUT2D eigenvalue weighted by Gasteiger charge is 2.24. The van der Waals surface area contributed by atoms with Crippen LogP contribution in [0.25, 0.3) is 0 Å². The Balaban J connectivity index is 2.92. The van der Waals surface area contributed by atoms with Gasteiger partial charge in [0.2, 0.25) is 0 Å². The molecule has 2 N–H and O–H groups in total. The molecule has 0 radical (unpaired) electrons. The van der Waals surface area contributed by atoms with E-state index in [0.717, 1.165) is 0 Å². The summed E-state index contributed by atoms with van der Waals surface area (Å²) in [5.74, 6) is -1.81. The van der Waals surface area contributed by atoms with Gasteiger partial charge >= 0.3 is 5.97 Å². The van der Waals surface area contributed by atoms with Crippen LogP contribution in [0.5, 0.6) is 0 Å². The van der Waals surface area contributed by atoms with Crippen LogP contribution in [0.15, 0.2) is 11.3 Å². The molecule has 66 valence electrons. The molecule has 0 unspecified atom stereocenters. The number of hydrogen-bond donors (Lipinski definition) is 2. The summed E-state index contributed by atoms with van der Waals surface area (Å²) in [6.45, 7) is 0.354. The van der Waals surface area contributed by atoms with Crippen LogP contribution in [-0.4, -0.2) is 30.6 Å². The second-order valence-electron chi connectivity index (χ2n) is 2.32. The minimum atomic E-state index is -0.651. The van der Waals surface area contributed by atoms with Gasteiger partial charge in [0.25, 0.3) is 5.91 Å². The highest BCUT2D eigenvalue weighted by Crippen LogP contribution is 2.12. The molecule has 12 heavy (non-hydrogen) atoms. The Bertz CT molecular complexity index is 256. The maximum atomic E-state index is 10.9. The minimum Gasteiger partial charge on any atom is -0.503 e. The summed E-state index contributed by atoms with van der Waals surface area (Å²) in [5.41, 5.74) is 0.0428. The molecule has 0 aliphatic carbocycles. The van der Waals surface area contributed by atoms with Crippen LogP contribution < -0.4 is 5.32 Å². The molecule has 1 heterocycles. The van der Waals surface area contributed by atoms with Crippen LogP contribution in [-0.2, 0) is 14.3 Å². The van der Waals surface area contributed by atoms with Crippen molar-refractivity contribution in [3.8, 4) is 0 Å². The molecule has 0 saturated heterocycles. The van der Waals surface area contributed by atoms with E-state index in [4.69, 9.17) is 5.11 Å². The van der Waals surface area contributed by atoms with Crippen molar-refractivity contribution in [3.05, 3.63) is 11.3 Å². The molecule has 0 aromatic heterocycles. The number of aliphatic hydroxyl groups excluding tert-OH is 1. The number of aliphatic hydroxyl groups is 1. The molecule has 0 aromatic carbocycles. The summed E-state index contributed by atoms with van der Waals surface area (Å²) in [5, 5.41) is 11.5. The Kier molecular flexibility index (Phi) is 2.32. The molecule has 0 saturated carbocycles. The van der Waals surface area contributed by atoms with Crippen LogP contribution in [0.2, 0.25) is 0 Å². The Morgan fingerprint density at radius 2 is 2.33 bits per heavy atom. The third-order valence-electron chi connectivity index (χ3n) is 1.59. The lowest BCUT2D eigenvalue weighted by molar-refractivity contribution is -0.137. The number of esters is 1. The molecular weight excluding hydrogens is 162 g/mol. The highest BCUT2D eigenvalue weighted by molar-refractivity contribution is 6.02. The van der Waals surface area contributed by atoms with Crippen LogP contribution in [0.3, 0.4) is 0 Å². The highest BCUT2D eigenvalue weighted by atomic mass is 16.5. The van der Waals surface area contributed by atoms with Gasteiger partial charge in [-0.15, -0.1) is 0 Å². The molecule has 1 aliphatic rings. The van der Waals surface area contributed by atoms with Gasteiger partial charge in [-0.25, -0.2) is 4.79 Å². The smallest absolute Gasteiger partial charge is 0.337 e. The first-order chi connectivity index (χ1) is 5.66. The van der Waals surface area contributed by atoms with E-state index in [0.29, 0.717) is 13.0 Å². The fraction of sp³-hybridized carbons (Fsp3) is 0.429. The van der Waals surface area contributed by atoms with Gasteiger partial charge in [-0.3, -0.25) is 4.79 Å². The maximum absolute atomic E-state index is 10.9. The zero-order valence-corrected chi connectivity index (χ0v) is 6.59. The lowest BCUT2D eigenvalue weighted by atomic mass is 10.1. The van der Waals surface area contributed by atoms with Crippen LogP contribution in [0, 0.1) is 0 Å². The molecule has 0 bridgehead atoms. The van der Waals surface area contributed by atoms with Crippen molar-refractivity contribution in [3.63, 3.8) is 0 Å². The first kappa shape index (κ1) is 8.58. The van der Waals surface area contributed by atoms with E-state index < -0.39 is 17.6 Å². The Hall–Kier alpha value is -1.52. The predicted octanol–water partition coefficient (Wildman–Crippen LogP) is -0.509. The molecule has 1 aliphatic heterocycles. The molecule has 5 heteroatoms. The molecular formula is C7H9NO4. The summed E-state index contributed by atoms with van der Waals surface area (Å²) in [6, 6.07) is 0. The lowest BCUT2D eigenvalue weighted by Gasteiger charge is -2.14. The number of carbonyl (C=O) groups is 2. The SMILES string of the molecule is COC(=O)C1=C(O)C(=O)NCC1. The number of amides is 1. The van der Waals surface area contributed by atoms with Crippen LogP contribution in [0.1, 0.15) is 6.42 Å². The van der Waals surface area contributed by atoms with Gasteiger partial charge in [0.1, 0.15) is 0 Å². The molecule has 0 atom stereocenters. The van der Waals surface area contributed by atoms with Crippen molar-refractivity contribution < 1.29 is 19.4 Å². The standard InChI is InChI=1S/C7H9NO4/c1-12-7(11)4-2-3-8-6(10)5(4)9/h9H,2-3H2,1H3,(H,8,10). The first-order valence-electron chi connectivity index (χ1n) is 3.45. The van der Waals surface area contributed by atoms with Crippen molar-refractivity contribution >= 4 is 11.9 Å². The third-order valence-corrected chi connectivity index (χ3v) is 1.59. The van der Waals surface area contributed by atoms with Gasteiger partial charge in [0, 0.05) is 13.0 Å². The second-order valence-corrected chi connectivity index (χ2v) is 2.32. The predicted molar refractivity (Wildman–Crippen MR) is 39.3 cm³/mol. The minimum absolute atomic E-state index is 0.0428. The fourth-order valence-corrected chi connectivity index (χ4v) is 0.962. The zero-order valence-electron chi connectivity index (χ0n) is 6.59. The molecule has 1 rings (SSSR count). The van der Waals surface area contributed by atoms with E-state index >= 15 is 0 Å². The number of carbonyl (C=O) groups excluding carboxylic acids is 2. The summed E-state index contributed by atoms with van der Waals surface area (Å²) in [4.78, 5) is 21.7. The van der Waals surface area contributed by atoms with E-state index in [1.54, 1.807) is 0 Å². The Morgan fingerprint density at radius 3 is 2.92 bits per heavy atom. The van der Waals surface area contributed by atoms with E-state index in [9.17, 15) is 9.59 Å². The molecule has 0 fully saturated rings. The topological polar surface area (TPSA) is 75.6 Å². The number of rotatable bonds is 1. The van der Waals surface area contributed by atoms with Crippen LogP contribution >= 0.6 is 0 Å². The van der Waals surface area contributed by atoms with Crippen molar-refractivity contribution in [2.45, 2.75) is 6.42 Å². The number of ether oxygens (including phenoxy) is 1. The summed E-state index contributed by atoms with van der Waals surface area (Å²) < 4.78 is 4.37. The van der Waals surface area contributed by atoms with Gasteiger partial charge in [0.05, 0.1) is 12.7 Å². The summed E-state index contributed by atoms with van der Waals surface area (Å²) >= 11 is 0. The van der Waals surface area contributed by atoms with E-state index in [2.05, 4.69) is 10.1 Å². The van der Waals surface area contributed by atoms with E-state index in [-0.39, 0.29) is 5.57 Å². The zero-order chi connectivity index (χ0) is 9.14. The van der Waals surface area contributed by atoms with Crippen molar-refractivity contribution in [2.24, 2.45) is 0 Å². The van der Waals surface area contributed by atoms with Gasteiger partial charge in [-0.05, 0) is 0 Å². The Labute approximate surface area is 69.0 Å². The van der Waals surface area contributed by atoms with Crippen molar-refractivity contribution in [1.29, 1.82) is 0 Å². The van der Waals surface area contributed by atoms with Crippen LogP contribution in [0.4, 0.5) is 0 Å². The maximum Gasteiger partial charge on any atom is 0.337 e. The number of nitrogens with one attached hydrogen (secondary N) is 1. The lowest BCUT2D eigenvalue weighted by Crippen LogP contribution is -2.33. The largest absolute Gasteiger partial charge is 0.503 e. The normalized spacial score (nSPS) is 17.2. The van der Waals surface area contributed by atoms with Gasteiger partial charge < -0.3 is 15.2 Å². The number of hydrogen-bond acceptors (Lipinski definition) is 4. The molecule has 0 spiro atoms. The summed E-state index contributed by atoms with van der Waals surface area (Å²) in [7, 11) is 1.20. The molecule has 1 amide bonds. The molecule has 5 nitrogen and oxygen atoms in total. The molecule has 0 aromatic rings. The van der Waals surface area contributed by atoms with Crippen molar-refractivity contribution in [2.75, 3.05) is 13.7 Å². The van der Waals surface area contributed by atoms with E-state index in [1.807, 2.05) is 0 Å². The Morgan fingerprint density at radius 1 is 1.67 bits per heavy atom. The number of methoxy groups -OCH3 is 1. The van der Waals surface area contributed by atoms with E-state index in [1.165, 1.54) is 7.11 Å².